The summed E-state index contributed by atoms with van der Waals surface area (Å²) in [6, 6.07) is 12.5. The molecule has 0 bridgehead atoms. The summed E-state index contributed by atoms with van der Waals surface area (Å²) in [5.41, 5.74) is 3.43. The topological polar surface area (TPSA) is 109 Å². The Kier molecular flexibility index (Phi) is 5.19. The lowest BCUT2D eigenvalue weighted by molar-refractivity contribution is -0.384. The first kappa shape index (κ1) is 19.6. The van der Waals surface area contributed by atoms with E-state index in [1.165, 1.54) is 12.1 Å². The SMILES string of the molecule is Cc1ccccc1Cn1nc(C)c([N-]S(=O)(=O)c2ccc([N+](=O)[O-])cc2)c1C. The average Bonchev–Trinajstić information content (AvgIpc) is 2.91. The number of sulfonamides is 1. The van der Waals surface area contributed by atoms with Crippen molar-refractivity contribution in [2.45, 2.75) is 32.2 Å². The normalized spacial score (nSPS) is 11.4. The summed E-state index contributed by atoms with van der Waals surface area (Å²) in [7, 11) is -4.02. The van der Waals surface area contributed by atoms with Crippen LogP contribution in [0, 0.1) is 30.9 Å². The van der Waals surface area contributed by atoms with Crippen molar-refractivity contribution >= 4 is 21.4 Å². The van der Waals surface area contributed by atoms with Gasteiger partial charge in [-0.25, -0.2) is 8.42 Å². The van der Waals surface area contributed by atoms with E-state index in [2.05, 4.69) is 9.82 Å². The Morgan fingerprint density at radius 1 is 1.07 bits per heavy atom. The fourth-order valence-electron chi connectivity index (χ4n) is 2.84. The molecule has 3 rings (SSSR count). The van der Waals surface area contributed by atoms with Crippen LogP contribution in [0.3, 0.4) is 0 Å². The summed E-state index contributed by atoms with van der Waals surface area (Å²) in [4.78, 5) is 10.0. The molecule has 0 fully saturated rings. The van der Waals surface area contributed by atoms with Crippen LogP contribution in [-0.2, 0) is 16.6 Å². The van der Waals surface area contributed by atoms with E-state index in [-0.39, 0.29) is 16.3 Å². The van der Waals surface area contributed by atoms with E-state index in [9.17, 15) is 18.5 Å². The van der Waals surface area contributed by atoms with Crippen LogP contribution in [0.2, 0.25) is 0 Å². The van der Waals surface area contributed by atoms with Gasteiger partial charge in [-0.15, -0.1) is 0 Å². The van der Waals surface area contributed by atoms with Gasteiger partial charge >= 0.3 is 0 Å². The van der Waals surface area contributed by atoms with Crippen LogP contribution in [0.15, 0.2) is 53.4 Å². The van der Waals surface area contributed by atoms with Crippen LogP contribution in [0.4, 0.5) is 11.4 Å². The first-order valence-corrected chi connectivity index (χ1v) is 9.94. The highest BCUT2D eigenvalue weighted by atomic mass is 32.2. The number of hydrogen-bond acceptors (Lipinski definition) is 5. The molecule has 0 radical (unpaired) electrons. The molecule has 0 saturated heterocycles. The van der Waals surface area contributed by atoms with Gasteiger partial charge in [0, 0.05) is 23.5 Å². The van der Waals surface area contributed by atoms with Gasteiger partial charge in [0.25, 0.3) is 5.69 Å². The van der Waals surface area contributed by atoms with Gasteiger partial charge in [-0.1, -0.05) is 30.0 Å². The predicted molar refractivity (Wildman–Crippen MR) is 105 cm³/mol. The Hall–Kier alpha value is -3.20. The highest BCUT2D eigenvalue weighted by Gasteiger charge is 2.13. The fourth-order valence-corrected chi connectivity index (χ4v) is 3.93. The van der Waals surface area contributed by atoms with E-state index in [0.29, 0.717) is 17.9 Å². The van der Waals surface area contributed by atoms with Crippen molar-refractivity contribution in [3.8, 4) is 0 Å². The van der Waals surface area contributed by atoms with E-state index in [4.69, 9.17) is 0 Å². The molecule has 0 unspecified atom stereocenters. The molecular formula is C19H19N4O4S-. The molecule has 28 heavy (non-hydrogen) atoms. The van der Waals surface area contributed by atoms with Gasteiger partial charge in [0.2, 0.25) is 0 Å². The third-order valence-corrected chi connectivity index (χ3v) is 5.77. The minimum atomic E-state index is -4.02. The molecule has 0 aliphatic heterocycles. The van der Waals surface area contributed by atoms with Crippen LogP contribution in [-0.4, -0.2) is 23.1 Å². The summed E-state index contributed by atoms with van der Waals surface area (Å²) in [6.45, 7) is 5.98. The average molecular weight is 399 g/mol. The maximum absolute atomic E-state index is 12.6. The Labute approximate surface area is 163 Å². The number of nitrogens with zero attached hydrogens (tertiary/aromatic N) is 4. The zero-order valence-electron chi connectivity index (χ0n) is 15.7. The molecule has 146 valence electrons. The Morgan fingerprint density at radius 3 is 2.32 bits per heavy atom. The molecule has 2 aromatic carbocycles. The van der Waals surface area contributed by atoms with Crippen LogP contribution < -0.4 is 0 Å². The molecule has 1 aromatic heterocycles. The summed E-state index contributed by atoms with van der Waals surface area (Å²) in [6.07, 6.45) is 0. The first-order valence-electron chi connectivity index (χ1n) is 8.50. The minimum absolute atomic E-state index is 0.108. The summed E-state index contributed by atoms with van der Waals surface area (Å²) >= 11 is 0. The molecular weight excluding hydrogens is 380 g/mol. The number of aryl methyl sites for hydroxylation is 2. The fraction of sp³-hybridized carbons (Fsp3) is 0.211. The van der Waals surface area contributed by atoms with Gasteiger partial charge in [0.1, 0.15) is 10.0 Å². The second kappa shape index (κ2) is 7.43. The van der Waals surface area contributed by atoms with Crippen LogP contribution in [0.5, 0.6) is 0 Å². The van der Waals surface area contributed by atoms with E-state index in [0.717, 1.165) is 23.3 Å². The lowest BCUT2D eigenvalue weighted by Gasteiger charge is -2.22. The zero-order valence-corrected chi connectivity index (χ0v) is 16.5. The van der Waals surface area contributed by atoms with Crippen molar-refractivity contribution in [1.29, 1.82) is 0 Å². The van der Waals surface area contributed by atoms with Crippen molar-refractivity contribution < 1.29 is 13.3 Å². The van der Waals surface area contributed by atoms with Crippen LogP contribution in [0.1, 0.15) is 22.5 Å². The highest BCUT2D eigenvalue weighted by molar-refractivity contribution is 7.94. The van der Waals surface area contributed by atoms with Gasteiger partial charge in [-0.05, 0) is 44.0 Å². The third-order valence-electron chi connectivity index (χ3n) is 4.48. The monoisotopic (exact) mass is 399 g/mol. The number of non-ortho nitro benzene ring substituents is 1. The molecule has 1 heterocycles. The van der Waals surface area contributed by atoms with E-state index in [1.54, 1.807) is 18.5 Å². The van der Waals surface area contributed by atoms with E-state index in [1.807, 2.05) is 31.2 Å². The maximum Gasteiger partial charge on any atom is 0.269 e. The summed E-state index contributed by atoms with van der Waals surface area (Å²) in [5.74, 6) is 0. The smallest absolute Gasteiger partial charge is 0.269 e. The Morgan fingerprint density at radius 2 is 1.71 bits per heavy atom. The number of rotatable bonds is 6. The standard InChI is InChI=1S/C19H19N4O4S/c1-13-6-4-5-7-16(13)12-22-15(3)19(14(2)20-22)21-28(26,27)18-10-8-17(9-11-18)23(24)25/h4-11H,12H2,1-3H3/q-1. The van der Waals surface area contributed by atoms with Crippen molar-refractivity contribution in [2.24, 2.45) is 0 Å². The van der Waals surface area contributed by atoms with Gasteiger partial charge < -0.3 is 4.72 Å². The lowest BCUT2D eigenvalue weighted by atomic mass is 10.1. The molecule has 8 nitrogen and oxygen atoms in total. The second-order valence-corrected chi connectivity index (χ2v) is 8.03. The molecule has 0 amide bonds. The Bertz CT molecular complexity index is 1140. The molecule has 3 aromatic rings. The summed E-state index contributed by atoms with van der Waals surface area (Å²) < 4.78 is 30.9. The maximum atomic E-state index is 12.6. The molecule has 0 atom stereocenters. The van der Waals surface area contributed by atoms with E-state index < -0.39 is 14.9 Å². The largest absolute Gasteiger partial charge is 0.570 e. The van der Waals surface area contributed by atoms with Crippen LogP contribution >= 0.6 is 0 Å². The third kappa shape index (κ3) is 3.89. The molecule has 0 spiro atoms. The van der Waals surface area contributed by atoms with Crippen molar-refractivity contribution in [1.82, 2.24) is 9.78 Å². The lowest BCUT2D eigenvalue weighted by Crippen LogP contribution is -2.05. The molecule has 0 aliphatic carbocycles. The van der Waals surface area contributed by atoms with Gasteiger partial charge in [-0.3, -0.25) is 14.8 Å². The quantitative estimate of drug-likeness (QED) is 0.457. The molecule has 9 heteroatoms. The highest BCUT2D eigenvalue weighted by Crippen LogP contribution is 2.34. The molecule has 0 saturated carbocycles. The minimum Gasteiger partial charge on any atom is -0.570 e. The van der Waals surface area contributed by atoms with Crippen molar-refractivity contribution in [3.05, 3.63) is 85.9 Å². The van der Waals surface area contributed by atoms with Crippen LogP contribution in [0.25, 0.3) is 4.72 Å². The number of hydrogen-bond donors (Lipinski definition) is 0. The molecule has 0 N–H and O–H groups in total. The van der Waals surface area contributed by atoms with E-state index >= 15 is 0 Å². The number of nitro benzene ring substituents is 1. The first-order chi connectivity index (χ1) is 13.2. The summed E-state index contributed by atoms with van der Waals surface area (Å²) in [5, 5.41) is 15.2. The van der Waals surface area contributed by atoms with Gasteiger partial charge in [0.05, 0.1) is 16.4 Å². The van der Waals surface area contributed by atoms with Gasteiger partial charge in [-0.2, -0.15) is 5.10 Å². The zero-order chi connectivity index (χ0) is 20.5. The second-order valence-electron chi connectivity index (χ2n) is 6.42. The predicted octanol–water partition coefficient (Wildman–Crippen LogP) is 4.16. The number of aromatic nitrogens is 2. The molecule has 0 aliphatic rings. The number of nitro groups is 1. The Balaban J connectivity index is 1.89. The van der Waals surface area contributed by atoms with Crippen molar-refractivity contribution in [3.63, 3.8) is 0 Å². The van der Waals surface area contributed by atoms with Gasteiger partial charge in [0.15, 0.2) is 0 Å². The number of benzene rings is 2. The van der Waals surface area contributed by atoms with Crippen molar-refractivity contribution in [2.75, 3.05) is 0 Å².